The van der Waals surface area contributed by atoms with E-state index in [0.29, 0.717) is 12.5 Å². The molecule has 24 heavy (non-hydrogen) atoms. The molecule has 0 aromatic heterocycles. The van der Waals surface area contributed by atoms with Crippen LogP contribution in [0.15, 0.2) is 53.5 Å². The van der Waals surface area contributed by atoms with Crippen molar-refractivity contribution in [1.29, 1.82) is 0 Å². The van der Waals surface area contributed by atoms with Crippen LogP contribution in [0.25, 0.3) is 0 Å². The SMILES string of the molecule is COc1ccc(NC(N)=NCCSCc2ccc(C)cc2)cc1.I. The second-order valence-corrected chi connectivity index (χ2v) is 6.26. The van der Waals surface area contributed by atoms with E-state index in [1.807, 2.05) is 36.0 Å². The predicted octanol–water partition coefficient (Wildman–Crippen LogP) is 4.28. The number of ether oxygens (including phenoxy) is 1. The van der Waals surface area contributed by atoms with E-state index in [0.717, 1.165) is 22.9 Å². The maximum Gasteiger partial charge on any atom is 0.193 e. The fourth-order valence-corrected chi connectivity index (χ4v) is 2.76. The lowest BCUT2D eigenvalue weighted by Gasteiger charge is -2.06. The van der Waals surface area contributed by atoms with Gasteiger partial charge >= 0.3 is 0 Å². The van der Waals surface area contributed by atoms with Crippen LogP contribution in [0, 0.1) is 6.92 Å². The highest BCUT2D eigenvalue weighted by Gasteiger charge is 1.97. The van der Waals surface area contributed by atoms with Crippen LogP contribution < -0.4 is 15.8 Å². The number of methoxy groups -OCH3 is 1. The summed E-state index contributed by atoms with van der Waals surface area (Å²) >= 11 is 1.86. The highest BCUT2D eigenvalue weighted by Crippen LogP contribution is 2.15. The summed E-state index contributed by atoms with van der Waals surface area (Å²) in [6, 6.07) is 16.2. The number of halogens is 1. The van der Waals surface area contributed by atoms with Gasteiger partial charge in [0.2, 0.25) is 0 Å². The molecule has 0 aliphatic carbocycles. The zero-order chi connectivity index (χ0) is 16.5. The molecule has 0 unspecified atom stereocenters. The van der Waals surface area contributed by atoms with Crippen LogP contribution in [0.3, 0.4) is 0 Å². The van der Waals surface area contributed by atoms with Crippen LogP contribution in [-0.4, -0.2) is 25.4 Å². The molecule has 0 spiro atoms. The predicted molar refractivity (Wildman–Crippen MR) is 116 cm³/mol. The molecular weight excluding hydrogens is 433 g/mol. The number of aryl methyl sites for hydroxylation is 1. The molecule has 2 aromatic carbocycles. The normalized spacial score (nSPS) is 10.8. The van der Waals surface area contributed by atoms with Gasteiger partial charge in [-0.2, -0.15) is 11.8 Å². The Balaban J connectivity index is 0.00000288. The minimum atomic E-state index is 0. The summed E-state index contributed by atoms with van der Waals surface area (Å²) in [5.41, 5.74) is 9.42. The summed E-state index contributed by atoms with van der Waals surface area (Å²) in [4.78, 5) is 4.34. The summed E-state index contributed by atoms with van der Waals surface area (Å²) in [5, 5.41) is 3.07. The third-order valence-corrected chi connectivity index (χ3v) is 4.28. The molecule has 0 amide bonds. The van der Waals surface area contributed by atoms with E-state index in [1.165, 1.54) is 11.1 Å². The van der Waals surface area contributed by atoms with Crippen molar-refractivity contribution in [2.24, 2.45) is 10.7 Å². The Morgan fingerprint density at radius 2 is 1.79 bits per heavy atom. The molecule has 130 valence electrons. The minimum absolute atomic E-state index is 0. The average molecular weight is 457 g/mol. The van der Waals surface area contributed by atoms with Crippen LogP contribution in [0.5, 0.6) is 5.75 Å². The number of nitrogens with zero attached hydrogens (tertiary/aromatic N) is 1. The Morgan fingerprint density at radius 3 is 2.42 bits per heavy atom. The standard InChI is InChI=1S/C18H23N3OS.HI/c1-14-3-5-15(6-4-14)13-23-12-11-20-18(19)21-16-7-9-17(22-2)10-8-16;/h3-10H,11-13H2,1-2H3,(H3,19,20,21);1H. The van der Waals surface area contributed by atoms with E-state index in [-0.39, 0.29) is 24.0 Å². The van der Waals surface area contributed by atoms with Gasteiger partial charge in [0, 0.05) is 17.2 Å². The number of thioether (sulfide) groups is 1. The van der Waals surface area contributed by atoms with Crippen LogP contribution in [0.2, 0.25) is 0 Å². The summed E-state index contributed by atoms with van der Waals surface area (Å²) in [6.45, 7) is 2.80. The van der Waals surface area contributed by atoms with Crippen molar-refractivity contribution in [1.82, 2.24) is 0 Å². The lowest BCUT2D eigenvalue weighted by molar-refractivity contribution is 0.415. The Hall–Kier alpha value is -1.41. The number of nitrogens with one attached hydrogen (secondary N) is 1. The Bertz CT molecular complexity index is 630. The minimum Gasteiger partial charge on any atom is -0.497 e. The summed E-state index contributed by atoms with van der Waals surface area (Å²) < 4.78 is 5.12. The smallest absolute Gasteiger partial charge is 0.193 e. The number of benzene rings is 2. The third kappa shape index (κ3) is 7.44. The molecule has 2 rings (SSSR count). The third-order valence-electron chi connectivity index (χ3n) is 3.27. The number of anilines is 1. The van der Waals surface area contributed by atoms with E-state index in [9.17, 15) is 0 Å². The van der Waals surface area contributed by atoms with Crippen LogP contribution in [0.4, 0.5) is 5.69 Å². The first kappa shape index (κ1) is 20.6. The maximum atomic E-state index is 5.88. The first-order valence-corrected chi connectivity index (χ1v) is 8.67. The molecule has 0 heterocycles. The zero-order valence-corrected chi connectivity index (χ0v) is 17.1. The van der Waals surface area contributed by atoms with Gasteiger partial charge in [-0.25, -0.2) is 0 Å². The monoisotopic (exact) mass is 457 g/mol. The second-order valence-electron chi connectivity index (χ2n) is 5.16. The summed E-state index contributed by atoms with van der Waals surface area (Å²) in [7, 11) is 1.65. The fourth-order valence-electron chi connectivity index (χ4n) is 1.97. The van der Waals surface area contributed by atoms with Crippen molar-refractivity contribution >= 4 is 47.4 Å². The molecule has 0 bridgehead atoms. The van der Waals surface area contributed by atoms with Crippen LogP contribution in [-0.2, 0) is 5.75 Å². The number of hydrogen-bond donors (Lipinski definition) is 2. The maximum absolute atomic E-state index is 5.88. The molecule has 4 nitrogen and oxygen atoms in total. The van der Waals surface area contributed by atoms with Crippen molar-refractivity contribution in [2.45, 2.75) is 12.7 Å². The Labute approximate surface area is 165 Å². The van der Waals surface area contributed by atoms with Crippen molar-refractivity contribution in [2.75, 3.05) is 24.7 Å². The fraction of sp³-hybridized carbons (Fsp3) is 0.278. The summed E-state index contributed by atoms with van der Waals surface area (Å²) in [5.74, 6) is 3.20. The van der Waals surface area contributed by atoms with Crippen molar-refractivity contribution in [3.63, 3.8) is 0 Å². The average Bonchev–Trinajstić information content (AvgIpc) is 2.57. The van der Waals surface area contributed by atoms with Gasteiger partial charge in [0.15, 0.2) is 5.96 Å². The lowest BCUT2D eigenvalue weighted by atomic mass is 10.2. The van der Waals surface area contributed by atoms with E-state index >= 15 is 0 Å². The first-order valence-electron chi connectivity index (χ1n) is 7.51. The topological polar surface area (TPSA) is 59.6 Å². The van der Waals surface area contributed by atoms with Crippen molar-refractivity contribution in [3.8, 4) is 5.75 Å². The molecule has 3 N–H and O–H groups in total. The van der Waals surface area contributed by atoms with E-state index in [1.54, 1.807) is 7.11 Å². The van der Waals surface area contributed by atoms with Crippen molar-refractivity contribution in [3.05, 3.63) is 59.7 Å². The second kappa shape index (κ2) is 11.2. The van der Waals surface area contributed by atoms with Crippen molar-refractivity contribution < 1.29 is 4.74 Å². The number of nitrogens with two attached hydrogens (primary N) is 1. The van der Waals surface area contributed by atoms with Gasteiger partial charge in [-0.05, 0) is 36.8 Å². The summed E-state index contributed by atoms with van der Waals surface area (Å²) in [6.07, 6.45) is 0. The molecule has 6 heteroatoms. The van der Waals surface area contributed by atoms with Crippen LogP contribution >= 0.6 is 35.7 Å². The lowest BCUT2D eigenvalue weighted by Crippen LogP contribution is -2.23. The molecule has 0 aliphatic rings. The Kier molecular flexibility index (Phi) is 9.63. The first-order chi connectivity index (χ1) is 11.2. The van der Waals surface area contributed by atoms with Gasteiger partial charge in [0.05, 0.1) is 13.7 Å². The quantitative estimate of drug-likeness (QED) is 0.282. The number of guanidine groups is 1. The molecule has 0 saturated carbocycles. The van der Waals surface area contributed by atoms with Gasteiger partial charge in [-0.3, -0.25) is 4.99 Å². The van der Waals surface area contributed by atoms with Gasteiger partial charge in [0.25, 0.3) is 0 Å². The largest absolute Gasteiger partial charge is 0.497 e. The van der Waals surface area contributed by atoms with Gasteiger partial charge in [-0.15, -0.1) is 24.0 Å². The number of aliphatic imine (C=N–C) groups is 1. The van der Waals surface area contributed by atoms with E-state index in [4.69, 9.17) is 10.5 Å². The highest BCUT2D eigenvalue weighted by atomic mass is 127. The molecule has 0 fully saturated rings. The van der Waals surface area contributed by atoms with Gasteiger partial charge in [0.1, 0.15) is 5.75 Å². The van der Waals surface area contributed by atoms with Gasteiger partial charge in [-0.1, -0.05) is 29.8 Å². The Morgan fingerprint density at radius 1 is 1.12 bits per heavy atom. The zero-order valence-electron chi connectivity index (χ0n) is 14.0. The number of hydrogen-bond acceptors (Lipinski definition) is 3. The highest BCUT2D eigenvalue weighted by molar-refractivity contribution is 14.0. The molecule has 2 aromatic rings. The molecule has 0 saturated heterocycles. The molecule has 0 atom stereocenters. The van der Waals surface area contributed by atoms with Gasteiger partial charge < -0.3 is 15.8 Å². The van der Waals surface area contributed by atoms with E-state index in [2.05, 4.69) is 41.5 Å². The molecule has 0 aliphatic heterocycles. The van der Waals surface area contributed by atoms with Crippen LogP contribution in [0.1, 0.15) is 11.1 Å². The molecule has 0 radical (unpaired) electrons. The molecular formula is C18H24IN3OS. The number of rotatable bonds is 7. The van der Waals surface area contributed by atoms with E-state index < -0.39 is 0 Å².